The van der Waals surface area contributed by atoms with Crippen molar-refractivity contribution in [3.05, 3.63) is 90.1 Å². The second-order valence-electron chi connectivity index (χ2n) is 13.0. The standard InChI is InChI=1S/C11H12N2O2.C9H11NO2.C6H14N4O2.C6H9N3O2.C6H14N2O2/c12-9(11(14)15)5-7-6-13-10-4-2-1-3-8(7)10;10-8(9(11)12)6-7-4-2-1-3-5-7;7-4(5(11)12)2-1-3-10-6(8)9;7-5(6(10)11)1-4-2-8-3-9-4;7-4-2-1-3-5(8)6(9)10/h1-4,6,9,13H,5,12H2,(H,14,15);1-5,8H,6,10H2,(H,11,12);4H,1-3,7H2,(H,11,12)(H4,8,9,10);2-3,5H,1,7H2,(H,8,9)(H,10,11);5H,1-4,7-8H2,(H,9,10). The topological polar surface area (TPSA) is 449 Å². The van der Waals surface area contributed by atoms with Gasteiger partial charge in [-0.1, -0.05) is 55.0 Å². The summed E-state index contributed by atoms with van der Waals surface area (Å²) in [5, 5.41) is 52.7. The Balaban J connectivity index is 0.000000731. The van der Waals surface area contributed by atoms with E-state index in [9.17, 15) is 24.0 Å². The molecule has 0 radical (unpaired) electrons. The van der Waals surface area contributed by atoms with E-state index in [1.807, 2.05) is 60.8 Å². The second kappa shape index (κ2) is 30.6. The zero-order valence-electron chi connectivity index (χ0n) is 33.2. The fourth-order valence-electron chi connectivity index (χ4n) is 4.60. The molecule has 0 saturated heterocycles. The number of imidazole rings is 1. The lowest BCUT2D eigenvalue weighted by molar-refractivity contribution is -0.139. The van der Waals surface area contributed by atoms with Gasteiger partial charge in [-0.25, -0.2) is 4.98 Å². The van der Waals surface area contributed by atoms with Gasteiger partial charge in [0, 0.05) is 42.7 Å². The maximum atomic E-state index is 10.6. The van der Waals surface area contributed by atoms with Crippen LogP contribution in [-0.4, -0.2) is 120 Å². The van der Waals surface area contributed by atoms with Crippen LogP contribution in [0.15, 0.2) is 73.3 Å². The zero-order chi connectivity index (χ0) is 45.6. The Labute approximate surface area is 346 Å². The van der Waals surface area contributed by atoms with E-state index < -0.39 is 60.1 Å². The van der Waals surface area contributed by atoms with Gasteiger partial charge in [-0.15, -0.1) is 0 Å². The molecule has 22 heteroatoms. The summed E-state index contributed by atoms with van der Waals surface area (Å²) in [5.74, 6) is -4.99. The number of hydrogen-bond acceptors (Lipinski definition) is 13. The van der Waals surface area contributed by atoms with Gasteiger partial charge in [0.1, 0.15) is 30.2 Å². The van der Waals surface area contributed by atoms with Crippen LogP contribution < -0.4 is 45.5 Å². The number of H-pyrrole nitrogens is 2. The molecule has 0 spiro atoms. The molecule has 4 aromatic rings. The molecule has 22 nitrogen and oxygen atoms in total. The van der Waals surface area contributed by atoms with Crippen LogP contribution >= 0.6 is 0 Å². The highest BCUT2D eigenvalue weighted by atomic mass is 16.4. The Hall–Kier alpha value is -6.43. The van der Waals surface area contributed by atoms with E-state index in [0.29, 0.717) is 50.9 Å². The fraction of sp³-hybridized carbons (Fsp3) is 0.395. The van der Waals surface area contributed by atoms with Gasteiger partial charge in [0.25, 0.3) is 0 Å². The van der Waals surface area contributed by atoms with Crippen LogP contribution in [0.5, 0.6) is 0 Å². The Bertz CT molecular complexity index is 1840. The molecule has 0 fully saturated rings. The quantitative estimate of drug-likeness (QED) is 0.0316. The number of carboxylic acids is 5. The van der Waals surface area contributed by atoms with Crippen molar-refractivity contribution in [2.75, 3.05) is 13.1 Å². The van der Waals surface area contributed by atoms with Crippen molar-refractivity contribution < 1.29 is 49.5 Å². The van der Waals surface area contributed by atoms with Gasteiger partial charge >= 0.3 is 29.8 Å². The Morgan fingerprint density at radius 2 is 1.15 bits per heavy atom. The highest BCUT2D eigenvalue weighted by Gasteiger charge is 2.15. The number of nitrogens with two attached hydrogens (primary N) is 7. The number of aromatic nitrogens is 3. The average Bonchev–Trinajstić information content (AvgIpc) is 3.87. The molecule has 23 N–H and O–H groups in total. The molecule has 2 heterocycles. The molecule has 2 aromatic heterocycles. The number of carboxylic acid groups (broad SMARTS) is 5. The summed E-state index contributed by atoms with van der Waals surface area (Å²) in [7, 11) is 0. The third kappa shape index (κ3) is 25.0. The summed E-state index contributed by atoms with van der Waals surface area (Å²) in [6.07, 6.45) is 9.06. The minimum atomic E-state index is -1.01. The van der Waals surface area contributed by atoms with Crippen molar-refractivity contribution in [1.29, 1.82) is 5.41 Å². The lowest BCUT2D eigenvalue weighted by atomic mass is 10.1. The maximum Gasteiger partial charge on any atom is 0.320 e. The fourth-order valence-corrected chi connectivity index (χ4v) is 4.60. The minimum absolute atomic E-state index is 0.112. The van der Waals surface area contributed by atoms with E-state index in [-0.39, 0.29) is 12.4 Å². The number of nitrogens with zero attached hydrogens (tertiary/aromatic N) is 1. The van der Waals surface area contributed by atoms with Crippen LogP contribution in [0, 0.1) is 5.41 Å². The van der Waals surface area contributed by atoms with Crippen LogP contribution in [0.1, 0.15) is 48.9 Å². The smallest absolute Gasteiger partial charge is 0.320 e. The van der Waals surface area contributed by atoms with E-state index in [0.717, 1.165) is 34.9 Å². The molecule has 0 aliphatic carbocycles. The minimum Gasteiger partial charge on any atom is -0.480 e. The molecule has 5 atom stereocenters. The predicted molar refractivity (Wildman–Crippen MR) is 225 cm³/mol. The molecule has 0 aliphatic rings. The number of aromatic amines is 2. The van der Waals surface area contributed by atoms with Crippen LogP contribution in [0.2, 0.25) is 0 Å². The number of fused-ring (bicyclic) bond motifs is 1. The number of hydrogen-bond donors (Lipinski definition) is 16. The molecular formula is C38H60N12O10. The Kier molecular flexibility index (Phi) is 27.3. The number of unbranched alkanes of at least 4 members (excludes halogenated alkanes) is 1. The third-order valence-electron chi connectivity index (χ3n) is 7.96. The van der Waals surface area contributed by atoms with Gasteiger partial charge < -0.3 is 81.0 Å². The van der Waals surface area contributed by atoms with Crippen molar-refractivity contribution in [2.45, 2.75) is 81.6 Å². The molecular weight excluding hydrogens is 784 g/mol. The number of aliphatic carboxylic acids is 5. The maximum absolute atomic E-state index is 10.6. The van der Waals surface area contributed by atoms with Crippen LogP contribution in [-0.2, 0) is 43.2 Å². The molecule has 0 aliphatic heterocycles. The van der Waals surface area contributed by atoms with Crippen molar-refractivity contribution in [1.82, 2.24) is 20.3 Å². The first-order valence-electron chi connectivity index (χ1n) is 18.6. The van der Waals surface area contributed by atoms with Crippen LogP contribution in [0.25, 0.3) is 10.9 Å². The Morgan fingerprint density at radius 1 is 0.650 bits per heavy atom. The molecule has 5 unspecified atom stereocenters. The number of rotatable bonds is 19. The predicted octanol–water partition coefficient (Wildman–Crippen LogP) is -0.684. The van der Waals surface area contributed by atoms with Gasteiger partial charge in [-0.05, 0) is 55.8 Å². The van der Waals surface area contributed by atoms with Crippen molar-refractivity contribution in [3.8, 4) is 0 Å². The van der Waals surface area contributed by atoms with Crippen LogP contribution in [0.3, 0.4) is 0 Å². The lowest BCUT2D eigenvalue weighted by Gasteiger charge is -2.06. The number of para-hydroxylation sites is 1. The summed E-state index contributed by atoms with van der Waals surface area (Å²) < 4.78 is 0. The third-order valence-corrected chi connectivity index (χ3v) is 7.96. The van der Waals surface area contributed by atoms with Gasteiger partial charge in [0.15, 0.2) is 5.96 Å². The van der Waals surface area contributed by atoms with E-state index in [1.165, 1.54) is 6.33 Å². The monoisotopic (exact) mass is 844 g/mol. The molecule has 60 heavy (non-hydrogen) atoms. The first kappa shape index (κ1) is 53.6. The largest absolute Gasteiger partial charge is 0.480 e. The number of benzene rings is 2. The summed E-state index contributed by atoms with van der Waals surface area (Å²) in [5.41, 5.74) is 40.3. The summed E-state index contributed by atoms with van der Waals surface area (Å²) in [4.78, 5) is 61.3. The highest BCUT2D eigenvalue weighted by molar-refractivity contribution is 5.84. The zero-order valence-corrected chi connectivity index (χ0v) is 33.2. The summed E-state index contributed by atoms with van der Waals surface area (Å²) in [6.45, 7) is 1.09. The molecule has 4 rings (SSSR count). The van der Waals surface area contributed by atoms with Gasteiger partial charge in [0.2, 0.25) is 0 Å². The van der Waals surface area contributed by atoms with Gasteiger partial charge in [0.05, 0.1) is 12.0 Å². The molecule has 332 valence electrons. The van der Waals surface area contributed by atoms with E-state index in [1.54, 1.807) is 6.20 Å². The lowest BCUT2D eigenvalue weighted by Crippen LogP contribution is -2.34. The number of nitrogens with one attached hydrogen (secondary N) is 4. The Morgan fingerprint density at radius 3 is 1.65 bits per heavy atom. The summed E-state index contributed by atoms with van der Waals surface area (Å²) >= 11 is 0. The van der Waals surface area contributed by atoms with Gasteiger partial charge in [-0.3, -0.25) is 29.4 Å². The molecule has 0 bridgehead atoms. The first-order chi connectivity index (χ1) is 28.3. The van der Waals surface area contributed by atoms with Crippen molar-refractivity contribution in [2.24, 2.45) is 40.1 Å². The van der Waals surface area contributed by atoms with E-state index in [4.69, 9.17) is 71.1 Å². The number of guanidine groups is 1. The highest BCUT2D eigenvalue weighted by Crippen LogP contribution is 2.18. The second-order valence-corrected chi connectivity index (χ2v) is 13.0. The van der Waals surface area contributed by atoms with Gasteiger partial charge in [-0.2, -0.15) is 0 Å². The molecule has 2 aromatic carbocycles. The summed E-state index contributed by atoms with van der Waals surface area (Å²) in [6, 6.07) is 13.1. The average molecular weight is 845 g/mol. The van der Waals surface area contributed by atoms with Crippen LogP contribution in [0.4, 0.5) is 0 Å². The van der Waals surface area contributed by atoms with E-state index in [2.05, 4.69) is 20.3 Å². The molecule has 0 saturated carbocycles. The van der Waals surface area contributed by atoms with Crippen molar-refractivity contribution >= 4 is 46.7 Å². The molecule has 0 amide bonds. The SMILES string of the molecule is N=C(N)NCCCC(N)C(=O)O.NC(Cc1c[nH]c2ccccc12)C(=O)O.NC(Cc1c[nH]cn1)C(=O)O.NC(Cc1ccccc1)C(=O)O.NCCCCC(N)C(=O)O. The van der Waals surface area contributed by atoms with Crippen molar-refractivity contribution in [3.63, 3.8) is 0 Å². The normalized spacial score (nSPS) is 12.6. The van der Waals surface area contributed by atoms with E-state index >= 15 is 0 Å². The number of carbonyl (C=O) groups is 5. The first-order valence-corrected chi connectivity index (χ1v) is 18.6.